The number of benzene rings is 1. The van der Waals surface area contributed by atoms with Crippen molar-refractivity contribution in [3.8, 4) is 28.3 Å². The fourth-order valence-electron chi connectivity index (χ4n) is 2.92. The lowest BCUT2D eigenvalue weighted by molar-refractivity contribution is 0.102. The van der Waals surface area contributed by atoms with Gasteiger partial charge in [0, 0.05) is 41.3 Å². The molecule has 3 heterocycles. The summed E-state index contributed by atoms with van der Waals surface area (Å²) in [7, 11) is 1.57. The molecule has 0 bridgehead atoms. The van der Waals surface area contributed by atoms with Crippen molar-refractivity contribution in [2.75, 3.05) is 12.4 Å². The van der Waals surface area contributed by atoms with Gasteiger partial charge >= 0.3 is 0 Å². The Morgan fingerprint density at radius 1 is 0.862 bits per heavy atom. The van der Waals surface area contributed by atoms with Crippen molar-refractivity contribution in [3.05, 3.63) is 90.9 Å². The predicted octanol–water partition coefficient (Wildman–Crippen LogP) is 4.47. The van der Waals surface area contributed by atoms with Crippen LogP contribution < -0.4 is 10.1 Å². The maximum Gasteiger partial charge on any atom is 0.258 e. The van der Waals surface area contributed by atoms with E-state index < -0.39 is 0 Å². The number of carbonyl (C=O) groups excluding carboxylic acids is 1. The highest BCUT2D eigenvalue weighted by molar-refractivity contribution is 6.04. The van der Waals surface area contributed by atoms with E-state index in [2.05, 4.69) is 20.3 Å². The molecule has 142 valence electrons. The Balaban J connectivity index is 1.76. The van der Waals surface area contributed by atoms with E-state index in [1.807, 2.05) is 48.5 Å². The van der Waals surface area contributed by atoms with Gasteiger partial charge in [0.1, 0.15) is 5.82 Å². The van der Waals surface area contributed by atoms with Gasteiger partial charge in [0.15, 0.2) is 0 Å². The normalized spacial score (nSPS) is 10.4. The number of carbonyl (C=O) groups is 1. The maximum absolute atomic E-state index is 12.7. The van der Waals surface area contributed by atoms with Gasteiger partial charge in [-0.15, -0.1) is 0 Å². The molecule has 1 amide bonds. The molecular formula is C23H18N4O2. The highest BCUT2D eigenvalue weighted by Crippen LogP contribution is 2.31. The van der Waals surface area contributed by atoms with Gasteiger partial charge in [-0.1, -0.05) is 36.4 Å². The monoisotopic (exact) mass is 382 g/mol. The molecule has 0 spiro atoms. The molecule has 0 aliphatic heterocycles. The first kappa shape index (κ1) is 18.3. The van der Waals surface area contributed by atoms with E-state index in [4.69, 9.17) is 4.74 Å². The van der Waals surface area contributed by atoms with E-state index >= 15 is 0 Å². The van der Waals surface area contributed by atoms with E-state index in [-0.39, 0.29) is 5.91 Å². The fraction of sp³-hybridized carbons (Fsp3) is 0.0435. The van der Waals surface area contributed by atoms with Crippen LogP contribution in [0.15, 0.2) is 85.3 Å². The summed E-state index contributed by atoms with van der Waals surface area (Å²) in [6, 6.07) is 20.7. The first-order chi connectivity index (χ1) is 14.2. The number of nitrogens with one attached hydrogen (secondary N) is 1. The molecule has 1 N–H and O–H groups in total. The van der Waals surface area contributed by atoms with Crippen LogP contribution >= 0.6 is 0 Å². The highest BCUT2D eigenvalue weighted by Gasteiger charge is 2.15. The highest BCUT2D eigenvalue weighted by atomic mass is 16.5. The summed E-state index contributed by atoms with van der Waals surface area (Å²) in [6.07, 6.45) is 4.91. The largest absolute Gasteiger partial charge is 0.481 e. The fourth-order valence-corrected chi connectivity index (χ4v) is 2.92. The third kappa shape index (κ3) is 4.11. The van der Waals surface area contributed by atoms with Crippen LogP contribution in [0.1, 0.15) is 10.4 Å². The Labute approximate surface area is 168 Å². The molecule has 0 radical (unpaired) electrons. The van der Waals surface area contributed by atoms with Gasteiger partial charge in [-0.3, -0.25) is 9.78 Å². The number of nitrogens with zero attached hydrogens (tertiary/aromatic N) is 3. The second-order valence-corrected chi connectivity index (χ2v) is 6.24. The van der Waals surface area contributed by atoms with Crippen LogP contribution in [0.25, 0.3) is 22.4 Å². The third-order valence-corrected chi connectivity index (χ3v) is 4.36. The van der Waals surface area contributed by atoms with Gasteiger partial charge in [-0.2, -0.15) is 0 Å². The van der Waals surface area contributed by atoms with Crippen LogP contribution in [0.4, 0.5) is 5.82 Å². The van der Waals surface area contributed by atoms with Gasteiger partial charge in [-0.25, -0.2) is 9.97 Å². The molecule has 6 nitrogen and oxygen atoms in total. The number of anilines is 1. The molecule has 0 unspecified atom stereocenters. The lowest BCUT2D eigenvalue weighted by Crippen LogP contribution is -2.13. The number of methoxy groups -OCH3 is 1. The van der Waals surface area contributed by atoms with Crippen LogP contribution in [0.5, 0.6) is 5.88 Å². The maximum atomic E-state index is 12.7. The molecular weight excluding hydrogens is 364 g/mol. The topological polar surface area (TPSA) is 77.0 Å². The molecule has 4 aromatic rings. The summed E-state index contributed by atoms with van der Waals surface area (Å²) >= 11 is 0. The van der Waals surface area contributed by atoms with Crippen LogP contribution in [0.3, 0.4) is 0 Å². The van der Waals surface area contributed by atoms with Crippen LogP contribution in [0, 0.1) is 0 Å². The van der Waals surface area contributed by atoms with Crippen molar-refractivity contribution >= 4 is 11.7 Å². The molecule has 0 fully saturated rings. The minimum Gasteiger partial charge on any atom is -0.481 e. The van der Waals surface area contributed by atoms with Crippen molar-refractivity contribution in [3.63, 3.8) is 0 Å². The Morgan fingerprint density at radius 2 is 1.69 bits per heavy atom. The molecule has 0 aliphatic rings. The summed E-state index contributed by atoms with van der Waals surface area (Å²) in [5, 5.41) is 2.79. The zero-order valence-electron chi connectivity index (χ0n) is 15.7. The number of rotatable bonds is 5. The minimum atomic E-state index is -0.279. The zero-order chi connectivity index (χ0) is 20.1. The smallest absolute Gasteiger partial charge is 0.258 e. The van der Waals surface area contributed by atoms with Crippen LogP contribution in [-0.4, -0.2) is 28.0 Å². The predicted molar refractivity (Wildman–Crippen MR) is 112 cm³/mol. The molecule has 29 heavy (non-hydrogen) atoms. The number of ether oxygens (including phenoxy) is 1. The molecule has 0 saturated heterocycles. The SMILES string of the molecule is COc1ccc(-c2cc(C(=O)Nc3ccccn3)cnc2-c2ccccc2)cn1. The summed E-state index contributed by atoms with van der Waals surface area (Å²) in [5.41, 5.74) is 3.80. The number of hydrogen-bond acceptors (Lipinski definition) is 5. The Kier molecular flexibility index (Phi) is 5.25. The summed E-state index contributed by atoms with van der Waals surface area (Å²) in [4.78, 5) is 25.7. The standard InChI is InChI=1S/C23H18N4O2/c1-29-21-11-10-17(14-25-21)19-13-18(23(28)27-20-9-5-6-12-24-20)15-26-22(19)16-7-3-2-4-8-16/h2-15H,1H3,(H,24,27,28). The van der Waals surface area contributed by atoms with Crippen molar-refractivity contribution in [1.29, 1.82) is 0 Å². The summed E-state index contributed by atoms with van der Waals surface area (Å²) in [5.74, 6) is 0.725. The van der Waals surface area contributed by atoms with E-state index in [9.17, 15) is 4.79 Å². The molecule has 4 rings (SSSR count). The lowest BCUT2D eigenvalue weighted by Gasteiger charge is -2.12. The second-order valence-electron chi connectivity index (χ2n) is 6.24. The van der Waals surface area contributed by atoms with Crippen molar-refractivity contribution < 1.29 is 9.53 Å². The van der Waals surface area contributed by atoms with Crippen molar-refractivity contribution in [2.45, 2.75) is 0 Å². The van der Waals surface area contributed by atoms with Crippen molar-refractivity contribution in [1.82, 2.24) is 15.0 Å². The number of aromatic nitrogens is 3. The first-order valence-electron chi connectivity index (χ1n) is 9.03. The van der Waals surface area contributed by atoms with E-state index in [0.717, 1.165) is 22.4 Å². The van der Waals surface area contributed by atoms with Gasteiger partial charge < -0.3 is 10.1 Å². The first-order valence-corrected chi connectivity index (χ1v) is 9.03. The minimum absolute atomic E-state index is 0.279. The number of amides is 1. The van der Waals surface area contributed by atoms with Crippen LogP contribution in [-0.2, 0) is 0 Å². The zero-order valence-corrected chi connectivity index (χ0v) is 15.7. The molecule has 1 aromatic carbocycles. The lowest BCUT2D eigenvalue weighted by atomic mass is 9.99. The second kappa shape index (κ2) is 8.31. The summed E-state index contributed by atoms with van der Waals surface area (Å²) in [6.45, 7) is 0. The summed E-state index contributed by atoms with van der Waals surface area (Å²) < 4.78 is 5.15. The molecule has 3 aromatic heterocycles. The Hall–Kier alpha value is -4.06. The average Bonchev–Trinajstić information content (AvgIpc) is 2.80. The number of pyridine rings is 3. The van der Waals surface area contributed by atoms with Crippen LogP contribution in [0.2, 0.25) is 0 Å². The van der Waals surface area contributed by atoms with E-state index in [0.29, 0.717) is 17.3 Å². The Morgan fingerprint density at radius 3 is 2.38 bits per heavy atom. The number of hydrogen-bond donors (Lipinski definition) is 1. The molecule has 0 saturated carbocycles. The van der Waals surface area contributed by atoms with Gasteiger partial charge in [0.2, 0.25) is 5.88 Å². The Bertz CT molecular complexity index is 1110. The van der Waals surface area contributed by atoms with Crippen molar-refractivity contribution in [2.24, 2.45) is 0 Å². The average molecular weight is 382 g/mol. The third-order valence-electron chi connectivity index (χ3n) is 4.36. The van der Waals surface area contributed by atoms with Gasteiger partial charge in [0.25, 0.3) is 5.91 Å². The van der Waals surface area contributed by atoms with Gasteiger partial charge in [-0.05, 0) is 24.3 Å². The van der Waals surface area contributed by atoms with E-state index in [1.54, 1.807) is 43.9 Å². The van der Waals surface area contributed by atoms with Gasteiger partial charge in [0.05, 0.1) is 18.4 Å². The molecule has 0 aliphatic carbocycles. The molecule has 6 heteroatoms. The molecule has 0 atom stereocenters. The van der Waals surface area contributed by atoms with E-state index in [1.165, 1.54) is 0 Å². The quantitative estimate of drug-likeness (QED) is 0.551.